The molecule has 134 valence electrons. The lowest BCUT2D eigenvalue weighted by atomic mass is 10.2. The summed E-state index contributed by atoms with van der Waals surface area (Å²) in [6.07, 6.45) is 0. The van der Waals surface area contributed by atoms with Crippen molar-refractivity contribution < 1.29 is 17.9 Å². The number of hydrogen-bond donors (Lipinski definition) is 1. The molecule has 0 heterocycles. The molecular formula is C18H22N2O4S. The quantitative estimate of drug-likeness (QED) is 0.857. The smallest absolute Gasteiger partial charge is 0.262 e. The van der Waals surface area contributed by atoms with Gasteiger partial charge in [-0.1, -0.05) is 18.2 Å². The number of carbonyl (C=O) groups is 1. The van der Waals surface area contributed by atoms with E-state index >= 15 is 0 Å². The van der Waals surface area contributed by atoms with Crippen molar-refractivity contribution >= 4 is 21.6 Å². The monoisotopic (exact) mass is 362 g/mol. The van der Waals surface area contributed by atoms with E-state index in [2.05, 4.69) is 5.32 Å². The van der Waals surface area contributed by atoms with Gasteiger partial charge in [-0.3, -0.25) is 4.79 Å². The van der Waals surface area contributed by atoms with Crippen molar-refractivity contribution in [2.75, 3.05) is 26.0 Å². The molecule has 0 saturated heterocycles. The number of amides is 1. The molecule has 0 aliphatic carbocycles. The van der Waals surface area contributed by atoms with Crippen molar-refractivity contribution in [2.24, 2.45) is 0 Å². The minimum Gasteiger partial charge on any atom is -0.484 e. The Morgan fingerprint density at radius 3 is 2.48 bits per heavy atom. The lowest BCUT2D eigenvalue weighted by molar-refractivity contribution is -0.118. The zero-order chi connectivity index (χ0) is 18.6. The van der Waals surface area contributed by atoms with Gasteiger partial charge in [0.25, 0.3) is 5.91 Å². The van der Waals surface area contributed by atoms with Crippen LogP contribution in [-0.2, 0) is 14.8 Å². The van der Waals surface area contributed by atoms with E-state index < -0.39 is 10.0 Å². The number of rotatable bonds is 6. The van der Waals surface area contributed by atoms with E-state index in [1.54, 1.807) is 19.1 Å². The lowest BCUT2D eigenvalue weighted by Crippen LogP contribution is -2.23. The highest BCUT2D eigenvalue weighted by atomic mass is 32.2. The number of carbonyl (C=O) groups excluding carboxylic acids is 1. The van der Waals surface area contributed by atoms with Gasteiger partial charge in [-0.2, -0.15) is 0 Å². The second-order valence-electron chi connectivity index (χ2n) is 5.92. The molecule has 0 radical (unpaired) electrons. The number of aryl methyl sites for hydroxylation is 2. The fourth-order valence-corrected chi connectivity index (χ4v) is 3.08. The zero-order valence-electron chi connectivity index (χ0n) is 14.7. The summed E-state index contributed by atoms with van der Waals surface area (Å²) in [5.74, 6) is 0.250. The standard InChI is InChI=1S/C18H22N2O4S/c1-13-6-5-7-15(10-13)24-12-18(21)19-17-11-16(9-8-14(17)2)25(22,23)20(3)4/h5-11H,12H2,1-4H3,(H,19,21). The van der Waals surface area contributed by atoms with Gasteiger partial charge >= 0.3 is 0 Å². The third-order valence-corrected chi connectivity index (χ3v) is 5.43. The summed E-state index contributed by atoms with van der Waals surface area (Å²) in [5.41, 5.74) is 2.25. The Balaban J connectivity index is 2.10. The number of nitrogens with zero attached hydrogens (tertiary/aromatic N) is 1. The van der Waals surface area contributed by atoms with Crippen LogP contribution >= 0.6 is 0 Å². The van der Waals surface area contributed by atoms with Gasteiger partial charge in [0.1, 0.15) is 5.75 Å². The molecule has 0 spiro atoms. The summed E-state index contributed by atoms with van der Waals surface area (Å²) >= 11 is 0. The van der Waals surface area contributed by atoms with Crippen LogP contribution < -0.4 is 10.1 Å². The fourth-order valence-electron chi connectivity index (χ4n) is 2.15. The van der Waals surface area contributed by atoms with Crippen molar-refractivity contribution in [3.8, 4) is 5.75 Å². The molecule has 7 heteroatoms. The molecule has 0 bridgehead atoms. The van der Waals surface area contributed by atoms with E-state index in [0.29, 0.717) is 11.4 Å². The Hall–Kier alpha value is -2.38. The van der Waals surface area contributed by atoms with Gasteiger partial charge in [0.15, 0.2) is 6.61 Å². The maximum atomic E-state index is 12.2. The van der Waals surface area contributed by atoms with Gasteiger partial charge < -0.3 is 10.1 Å². The average molecular weight is 362 g/mol. The molecule has 0 aromatic heterocycles. The Morgan fingerprint density at radius 2 is 1.84 bits per heavy atom. The highest BCUT2D eigenvalue weighted by molar-refractivity contribution is 7.89. The molecule has 0 aliphatic rings. The van der Waals surface area contributed by atoms with Gasteiger partial charge in [-0.25, -0.2) is 12.7 Å². The first-order chi connectivity index (χ1) is 11.7. The SMILES string of the molecule is Cc1cccc(OCC(=O)Nc2cc(S(=O)(=O)N(C)C)ccc2C)c1. The molecule has 0 saturated carbocycles. The Bertz CT molecular complexity index is 876. The summed E-state index contributed by atoms with van der Waals surface area (Å²) in [5, 5.41) is 2.70. The highest BCUT2D eigenvalue weighted by Crippen LogP contribution is 2.22. The van der Waals surface area contributed by atoms with Crippen molar-refractivity contribution in [2.45, 2.75) is 18.7 Å². The predicted octanol–water partition coefficient (Wildman–Crippen LogP) is 2.57. The third-order valence-electron chi connectivity index (χ3n) is 3.62. The van der Waals surface area contributed by atoms with E-state index in [4.69, 9.17) is 4.74 Å². The van der Waals surface area contributed by atoms with Crippen molar-refractivity contribution in [1.82, 2.24) is 4.31 Å². The molecule has 25 heavy (non-hydrogen) atoms. The molecule has 0 atom stereocenters. The first-order valence-electron chi connectivity index (χ1n) is 7.72. The summed E-state index contributed by atoms with van der Waals surface area (Å²) in [7, 11) is -0.638. The maximum Gasteiger partial charge on any atom is 0.262 e. The van der Waals surface area contributed by atoms with Gasteiger partial charge in [0.2, 0.25) is 10.0 Å². The molecular weight excluding hydrogens is 340 g/mol. The third kappa shape index (κ3) is 4.80. The van der Waals surface area contributed by atoms with Gasteiger partial charge in [0, 0.05) is 19.8 Å². The molecule has 0 unspecified atom stereocenters. The number of hydrogen-bond acceptors (Lipinski definition) is 4. The second-order valence-corrected chi connectivity index (χ2v) is 8.07. The summed E-state index contributed by atoms with van der Waals surface area (Å²) in [6, 6.07) is 12.0. The van der Waals surface area contributed by atoms with Crippen LogP contribution in [0.2, 0.25) is 0 Å². The first kappa shape index (κ1) is 19.0. The van der Waals surface area contributed by atoms with E-state index in [9.17, 15) is 13.2 Å². The highest BCUT2D eigenvalue weighted by Gasteiger charge is 2.18. The number of nitrogens with one attached hydrogen (secondary N) is 1. The molecule has 1 N–H and O–H groups in total. The van der Waals surface area contributed by atoms with Crippen LogP contribution in [0.5, 0.6) is 5.75 Å². The molecule has 0 fully saturated rings. The topological polar surface area (TPSA) is 75.7 Å². The summed E-state index contributed by atoms with van der Waals surface area (Å²) in [4.78, 5) is 12.2. The van der Waals surface area contributed by atoms with Crippen molar-refractivity contribution in [1.29, 1.82) is 0 Å². The first-order valence-corrected chi connectivity index (χ1v) is 9.16. The number of benzene rings is 2. The lowest BCUT2D eigenvalue weighted by Gasteiger charge is -2.14. The normalized spacial score (nSPS) is 11.4. The van der Waals surface area contributed by atoms with Crippen LogP contribution in [0, 0.1) is 13.8 Å². The van der Waals surface area contributed by atoms with E-state index in [1.807, 2.05) is 25.1 Å². The maximum absolute atomic E-state index is 12.2. The molecule has 2 rings (SSSR count). The minimum absolute atomic E-state index is 0.123. The molecule has 6 nitrogen and oxygen atoms in total. The second kappa shape index (κ2) is 7.67. The van der Waals surface area contributed by atoms with Crippen molar-refractivity contribution in [3.05, 3.63) is 53.6 Å². The van der Waals surface area contributed by atoms with Gasteiger partial charge in [0.05, 0.1) is 4.90 Å². The predicted molar refractivity (Wildman–Crippen MR) is 97.4 cm³/mol. The number of ether oxygens (including phenoxy) is 1. The fraction of sp³-hybridized carbons (Fsp3) is 0.278. The van der Waals surface area contributed by atoms with Crippen LogP contribution in [0.25, 0.3) is 0 Å². The number of sulfonamides is 1. The Kier molecular flexibility index (Phi) is 5.81. The minimum atomic E-state index is -3.56. The van der Waals surface area contributed by atoms with Crippen molar-refractivity contribution in [3.63, 3.8) is 0 Å². The van der Waals surface area contributed by atoms with Crippen LogP contribution in [0.15, 0.2) is 47.4 Å². The van der Waals surface area contributed by atoms with Gasteiger partial charge in [-0.05, 0) is 49.2 Å². The van der Waals surface area contributed by atoms with Crippen LogP contribution in [-0.4, -0.2) is 39.3 Å². The number of anilines is 1. The van der Waals surface area contributed by atoms with Gasteiger partial charge in [-0.15, -0.1) is 0 Å². The molecule has 2 aromatic carbocycles. The van der Waals surface area contributed by atoms with E-state index in [0.717, 1.165) is 15.4 Å². The van der Waals surface area contributed by atoms with Crippen LogP contribution in [0.1, 0.15) is 11.1 Å². The summed E-state index contributed by atoms with van der Waals surface area (Å²) < 4.78 is 31.0. The zero-order valence-corrected chi connectivity index (χ0v) is 15.6. The molecule has 1 amide bonds. The molecule has 2 aromatic rings. The largest absolute Gasteiger partial charge is 0.484 e. The average Bonchev–Trinajstić information content (AvgIpc) is 2.55. The Labute approximate surface area is 148 Å². The van der Waals surface area contributed by atoms with Crippen LogP contribution in [0.4, 0.5) is 5.69 Å². The van der Waals surface area contributed by atoms with Crippen LogP contribution in [0.3, 0.4) is 0 Å². The van der Waals surface area contributed by atoms with E-state index in [-0.39, 0.29) is 17.4 Å². The Morgan fingerprint density at radius 1 is 1.12 bits per heavy atom. The summed E-state index contributed by atoms with van der Waals surface area (Å²) in [6.45, 7) is 3.57. The van der Waals surface area contributed by atoms with E-state index in [1.165, 1.54) is 26.2 Å². The molecule has 0 aliphatic heterocycles.